The van der Waals surface area contributed by atoms with Gasteiger partial charge in [0.15, 0.2) is 17.5 Å². The molecule has 2 aliphatic rings. The van der Waals surface area contributed by atoms with Crippen molar-refractivity contribution in [2.24, 2.45) is 10.4 Å². The molecule has 27 heavy (non-hydrogen) atoms. The van der Waals surface area contributed by atoms with Gasteiger partial charge in [0, 0.05) is 50.3 Å². The Labute approximate surface area is 178 Å². The van der Waals surface area contributed by atoms with Gasteiger partial charge in [-0.2, -0.15) is 0 Å². The van der Waals surface area contributed by atoms with Crippen molar-refractivity contribution in [3.8, 4) is 17.2 Å². The third-order valence-electron chi connectivity index (χ3n) is 5.36. The predicted octanol–water partition coefficient (Wildman–Crippen LogP) is 2.52. The fraction of sp³-hybridized carbons (Fsp3) is 0.632. The Morgan fingerprint density at radius 2 is 1.85 bits per heavy atom. The normalized spacial score (nSPS) is 21.9. The first-order valence-electron chi connectivity index (χ1n) is 8.97. The lowest BCUT2D eigenvalue weighted by molar-refractivity contribution is 0.156. The molecule has 0 bridgehead atoms. The number of rotatable bonds is 5. The van der Waals surface area contributed by atoms with Gasteiger partial charge in [-0.25, -0.2) is 0 Å². The number of ether oxygens (including phenoxy) is 4. The van der Waals surface area contributed by atoms with E-state index < -0.39 is 0 Å². The minimum atomic E-state index is 0. The van der Waals surface area contributed by atoms with E-state index in [1.54, 1.807) is 21.3 Å². The zero-order valence-electron chi connectivity index (χ0n) is 16.5. The summed E-state index contributed by atoms with van der Waals surface area (Å²) in [5, 5.41) is 3.46. The molecule has 1 spiro atoms. The Morgan fingerprint density at radius 1 is 1.15 bits per heavy atom. The zero-order valence-corrected chi connectivity index (χ0v) is 18.9. The van der Waals surface area contributed by atoms with E-state index in [9.17, 15) is 0 Å². The molecule has 7 nitrogen and oxygen atoms in total. The number of likely N-dealkylation sites (tertiary alicyclic amines) is 1. The SMILES string of the molecule is CN=C(NCc1cc(OC)c(OC)cc1OC)N1CCC2(CCOC2)C1.I. The van der Waals surface area contributed by atoms with Crippen LogP contribution in [-0.2, 0) is 11.3 Å². The van der Waals surface area contributed by atoms with Crippen LogP contribution in [-0.4, -0.2) is 65.5 Å². The van der Waals surface area contributed by atoms with Crippen molar-refractivity contribution in [2.75, 3.05) is 54.7 Å². The van der Waals surface area contributed by atoms with Gasteiger partial charge in [0.05, 0.1) is 27.9 Å². The molecular formula is C19H30IN3O4. The average Bonchev–Trinajstić information content (AvgIpc) is 3.31. The van der Waals surface area contributed by atoms with E-state index in [0.29, 0.717) is 23.5 Å². The van der Waals surface area contributed by atoms with Gasteiger partial charge in [0.1, 0.15) is 5.75 Å². The Morgan fingerprint density at radius 3 is 2.44 bits per heavy atom. The molecule has 1 N–H and O–H groups in total. The van der Waals surface area contributed by atoms with Crippen LogP contribution in [0.5, 0.6) is 17.2 Å². The summed E-state index contributed by atoms with van der Waals surface area (Å²) in [6.45, 7) is 4.34. The quantitative estimate of drug-likeness (QED) is 0.388. The van der Waals surface area contributed by atoms with Crippen LogP contribution >= 0.6 is 24.0 Å². The molecule has 2 aliphatic heterocycles. The van der Waals surface area contributed by atoms with Crippen molar-refractivity contribution in [1.29, 1.82) is 0 Å². The van der Waals surface area contributed by atoms with Gasteiger partial charge >= 0.3 is 0 Å². The summed E-state index contributed by atoms with van der Waals surface area (Å²) >= 11 is 0. The molecule has 8 heteroatoms. The smallest absolute Gasteiger partial charge is 0.193 e. The van der Waals surface area contributed by atoms with Crippen LogP contribution in [0.1, 0.15) is 18.4 Å². The molecule has 1 atom stereocenters. The van der Waals surface area contributed by atoms with Gasteiger partial charge in [0.2, 0.25) is 0 Å². The number of aliphatic imine (C=N–C) groups is 1. The number of benzene rings is 1. The third kappa shape index (κ3) is 4.71. The Hall–Kier alpha value is -1.42. The van der Waals surface area contributed by atoms with Gasteiger partial charge in [-0.15, -0.1) is 24.0 Å². The second-order valence-corrected chi connectivity index (χ2v) is 6.89. The van der Waals surface area contributed by atoms with Crippen molar-refractivity contribution in [1.82, 2.24) is 10.2 Å². The molecule has 2 saturated heterocycles. The van der Waals surface area contributed by atoms with Crippen LogP contribution in [0, 0.1) is 5.41 Å². The van der Waals surface area contributed by atoms with Crippen LogP contribution in [0.15, 0.2) is 17.1 Å². The summed E-state index contributed by atoms with van der Waals surface area (Å²) in [5.74, 6) is 3.00. The van der Waals surface area contributed by atoms with E-state index in [-0.39, 0.29) is 24.0 Å². The molecule has 2 fully saturated rings. The summed E-state index contributed by atoms with van der Waals surface area (Å²) in [7, 11) is 6.73. The van der Waals surface area contributed by atoms with Crippen molar-refractivity contribution in [3.63, 3.8) is 0 Å². The Bertz CT molecular complexity index is 663. The first-order chi connectivity index (χ1) is 12.6. The van der Waals surface area contributed by atoms with Gasteiger partial charge < -0.3 is 29.2 Å². The number of guanidine groups is 1. The third-order valence-corrected chi connectivity index (χ3v) is 5.36. The first kappa shape index (κ1) is 21.9. The number of nitrogens with one attached hydrogen (secondary N) is 1. The van der Waals surface area contributed by atoms with Crippen LogP contribution in [0.25, 0.3) is 0 Å². The van der Waals surface area contributed by atoms with Gasteiger partial charge in [-0.05, 0) is 18.9 Å². The van der Waals surface area contributed by atoms with Crippen molar-refractivity contribution in [2.45, 2.75) is 19.4 Å². The van der Waals surface area contributed by atoms with E-state index in [1.807, 2.05) is 19.2 Å². The van der Waals surface area contributed by atoms with Crippen LogP contribution in [0.4, 0.5) is 0 Å². The molecule has 2 heterocycles. The standard InChI is InChI=1S/C19H29N3O4.HI/c1-20-18(22-7-5-19(12-22)6-8-26-13-19)21-11-14-9-16(24-3)17(25-4)10-15(14)23-2;/h9-10H,5-8,11-13H2,1-4H3,(H,20,21);1H. The summed E-state index contributed by atoms with van der Waals surface area (Å²) in [5.41, 5.74) is 1.29. The highest BCUT2D eigenvalue weighted by Crippen LogP contribution is 2.38. The maximum Gasteiger partial charge on any atom is 0.193 e. The minimum absolute atomic E-state index is 0. The molecule has 1 aromatic rings. The highest BCUT2D eigenvalue weighted by atomic mass is 127. The second-order valence-electron chi connectivity index (χ2n) is 6.89. The topological polar surface area (TPSA) is 64.6 Å². The first-order valence-corrected chi connectivity index (χ1v) is 8.97. The summed E-state index contributed by atoms with van der Waals surface area (Å²) in [6, 6.07) is 3.79. The molecular weight excluding hydrogens is 461 g/mol. The maximum atomic E-state index is 5.62. The van der Waals surface area contributed by atoms with E-state index >= 15 is 0 Å². The van der Waals surface area contributed by atoms with Crippen molar-refractivity contribution >= 4 is 29.9 Å². The van der Waals surface area contributed by atoms with Gasteiger partial charge in [-0.3, -0.25) is 4.99 Å². The van der Waals surface area contributed by atoms with Crippen LogP contribution in [0.3, 0.4) is 0 Å². The second kappa shape index (κ2) is 9.68. The highest BCUT2D eigenvalue weighted by molar-refractivity contribution is 14.0. The fourth-order valence-corrected chi connectivity index (χ4v) is 3.82. The lowest BCUT2D eigenvalue weighted by atomic mass is 9.87. The largest absolute Gasteiger partial charge is 0.496 e. The number of hydrogen-bond acceptors (Lipinski definition) is 5. The Kier molecular flexibility index (Phi) is 7.84. The summed E-state index contributed by atoms with van der Waals surface area (Å²) < 4.78 is 21.9. The number of nitrogens with zero attached hydrogens (tertiary/aromatic N) is 2. The van der Waals surface area contributed by atoms with E-state index in [1.165, 1.54) is 0 Å². The van der Waals surface area contributed by atoms with Crippen molar-refractivity contribution in [3.05, 3.63) is 17.7 Å². The molecule has 152 valence electrons. The lowest BCUT2D eigenvalue weighted by Gasteiger charge is -2.25. The van der Waals surface area contributed by atoms with Gasteiger partial charge in [-0.1, -0.05) is 0 Å². The molecule has 1 unspecified atom stereocenters. The molecule has 0 radical (unpaired) electrons. The average molecular weight is 491 g/mol. The number of hydrogen-bond donors (Lipinski definition) is 1. The van der Waals surface area contributed by atoms with Gasteiger partial charge in [0.25, 0.3) is 0 Å². The monoisotopic (exact) mass is 491 g/mol. The summed E-state index contributed by atoms with van der Waals surface area (Å²) in [6.07, 6.45) is 2.30. The maximum absolute atomic E-state index is 5.62. The highest BCUT2D eigenvalue weighted by Gasteiger charge is 2.42. The van der Waals surface area contributed by atoms with E-state index in [2.05, 4.69) is 15.2 Å². The zero-order chi connectivity index (χ0) is 18.6. The molecule has 3 rings (SSSR count). The summed E-state index contributed by atoms with van der Waals surface area (Å²) in [4.78, 5) is 6.79. The molecule has 0 aromatic heterocycles. The van der Waals surface area contributed by atoms with Crippen molar-refractivity contribution < 1.29 is 18.9 Å². The molecule has 0 amide bonds. The number of halogens is 1. The Balaban J connectivity index is 0.00000261. The molecule has 0 aliphatic carbocycles. The van der Waals surface area contributed by atoms with Crippen LogP contribution < -0.4 is 19.5 Å². The minimum Gasteiger partial charge on any atom is -0.496 e. The number of methoxy groups -OCH3 is 3. The van der Waals surface area contributed by atoms with Crippen LogP contribution in [0.2, 0.25) is 0 Å². The lowest BCUT2D eigenvalue weighted by Crippen LogP contribution is -2.41. The van der Waals surface area contributed by atoms with E-state index in [4.69, 9.17) is 18.9 Å². The predicted molar refractivity (Wildman–Crippen MR) is 116 cm³/mol. The molecule has 1 aromatic carbocycles. The fourth-order valence-electron chi connectivity index (χ4n) is 3.82. The molecule has 0 saturated carbocycles. The van der Waals surface area contributed by atoms with E-state index in [0.717, 1.165) is 56.4 Å².